The molecule has 2 saturated carbocycles. The summed E-state index contributed by atoms with van der Waals surface area (Å²) in [7, 11) is 3.36. The molecular formula is C22H34O3. The van der Waals surface area contributed by atoms with E-state index in [2.05, 4.69) is 23.8 Å². The quantitative estimate of drug-likeness (QED) is 0.699. The lowest BCUT2D eigenvalue weighted by atomic mass is 9.51. The Morgan fingerprint density at radius 3 is 2.64 bits per heavy atom. The summed E-state index contributed by atoms with van der Waals surface area (Å²) in [5.74, 6) is 2.01. The Kier molecular flexibility index (Phi) is 7.49. The minimum Gasteiger partial charge on any atom is -0.497 e. The summed E-state index contributed by atoms with van der Waals surface area (Å²) in [5.41, 5.74) is 1.30. The van der Waals surface area contributed by atoms with Crippen molar-refractivity contribution in [1.29, 1.82) is 0 Å². The van der Waals surface area contributed by atoms with Crippen LogP contribution < -0.4 is 0 Å². The molecule has 3 unspecified atom stereocenters. The van der Waals surface area contributed by atoms with Crippen LogP contribution in [0, 0.1) is 17.3 Å². The third-order valence-electron chi connectivity index (χ3n) is 6.07. The highest BCUT2D eigenvalue weighted by molar-refractivity contribution is 5.98. The normalized spacial score (nSPS) is 30.8. The number of methoxy groups -OCH3 is 2. The zero-order chi connectivity index (χ0) is 18.3. The van der Waals surface area contributed by atoms with E-state index in [9.17, 15) is 4.79 Å². The van der Waals surface area contributed by atoms with Gasteiger partial charge in [0.25, 0.3) is 0 Å². The standard InChI is InChI=1S/C19H26O2.C3H8O/c1-3-10-19-11-5-4-7-14(19)12-18(20)16-13-15(21-2)8-6-9-17(16)19;1-3-4-2/h6,8-9,13-14,17H,3-5,7,10-12H2,1-2H3;3H2,1-2H3. The molecule has 2 fully saturated rings. The van der Waals surface area contributed by atoms with Gasteiger partial charge < -0.3 is 9.47 Å². The lowest BCUT2D eigenvalue weighted by Gasteiger charge is -2.52. The molecule has 0 heterocycles. The van der Waals surface area contributed by atoms with Gasteiger partial charge in [-0.05, 0) is 49.7 Å². The molecule has 0 spiro atoms. The highest BCUT2D eigenvalue weighted by atomic mass is 16.5. The molecule has 0 aromatic carbocycles. The molecule has 0 aromatic heterocycles. The molecule has 0 aromatic rings. The fourth-order valence-electron chi connectivity index (χ4n) is 4.88. The summed E-state index contributed by atoms with van der Waals surface area (Å²) in [4.78, 5) is 12.7. The first-order valence-corrected chi connectivity index (χ1v) is 9.79. The minimum absolute atomic E-state index is 0.285. The maximum atomic E-state index is 12.7. The highest BCUT2D eigenvalue weighted by Gasteiger charge is 2.51. The Bertz CT molecular complexity index is 537. The molecule has 3 rings (SSSR count). The van der Waals surface area contributed by atoms with Gasteiger partial charge in [-0.1, -0.05) is 38.3 Å². The van der Waals surface area contributed by atoms with Crippen LogP contribution in [-0.4, -0.2) is 26.6 Å². The molecule has 3 atom stereocenters. The van der Waals surface area contributed by atoms with Crippen LogP contribution in [0.25, 0.3) is 0 Å². The first-order chi connectivity index (χ1) is 12.1. The maximum Gasteiger partial charge on any atom is 0.159 e. The largest absolute Gasteiger partial charge is 0.497 e. The van der Waals surface area contributed by atoms with Gasteiger partial charge in [0.15, 0.2) is 5.78 Å². The van der Waals surface area contributed by atoms with E-state index in [0.29, 0.717) is 17.1 Å². The van der Waals surface area contributed by atoms with Crippen LogP contribution in [0.15, 0.2) is 35.6 Å². The summed E-state index contributed by atoms with van der Waals surface area (Å²) < 4.78 is 9.92. The van der Waals surface area contributed by atoms with Gasteiger partial charge in [-0.3, -0.25) is 4.79 Å². The van der Waals surface area contributed by atoms with Crippen LogP contribution in [0.4, 0.5) is 0 Å². The van der Waals surface area contributed by atoms with Gasteiger partial charge >= 0.3 is 0 Å². The summed E-state index contributed by atoms with van der Waals surface area (Å²) in [5, 5.41) is 0. The van der Waals surface area contributed by atoms with Crippen LogP contribution in [0.1, 0.15) is 58.8 Å². The molecule has 3 aliphatic carbocycles. The average molecular weight is 347 g/mol. The number of Topliss-reactive ketones (excluding diaryl/α,β-unsaturated/α-hetero) is 1. The number of allylic oxidation sites excluding steroid dienone is 5. The summed E-state index contributed by atoms with van der Waals surface area (Å²) in [6.45, 7) is 5.06. The van der Waals surface area contributed by atoms with E-state index >= 15 is 0 Å². The number of hydrogen-bond donors (Lipinski definition) is 0. The molecule has 0 radical (unpaired) electrons. The van der Waals surface area contributed by atoms with Gasteiger partial charge in [-0.2, -0.15) is 0 Å². The van der Waals surface area contributed by atoms with E-state index in [1.165, 1.54) is 38.5 Å². The van der Waals surface area contributed by atoms with Crippen molar-refractivity contribution in [3.8, 4) is 0 Å². The van der Waals surface area contributed by atoms with Crippen LogP contribution >= 0.6 is 0 Å². The van der Waals surface area contributed by atoms with Crippen molar-refractivity contribution in [2.24, 2.45) is 17.3 Å². The second-order valence-corrected chi connectivity index (χ2v) is 7.37. The minimum atomic E-state index is 0.285. The van der Waals surface area contributed by atoms with Crippen molar-refractivity contribution in [3.63, 3.8) is 0 Å². The Morgan fingerprint density at radius 2 is 2.00 bits per heavy atom. The number of hydrogen-bond acceptors (Lipinski definition) is 3. The number of ether oxygens (including phenoxy) is 2. The monoisotopic (exact) mass is 346 g/mol. The van der Waals surface area contributed by atoms with Gasteiger partial charge in [0.2, 0.25) is 0 Å². The Balaban J connectivity index is 0.000000511. The Labute approximate surface area is 153 Å². The van der Waals surface area contributed by atoms with Crippen LogP contribution in [0.3, 0.4) is 0 Å². The van der Waals surface area contributed by atoms with Crippen molar-refractivity contribution >= 4 is 5.78 Å². The number of ketones is 1. The number of rotatable bonds is 4. The second kappa shape index (κ2) is 9.38. The number of fused-ring (bicyclic) bond motifs is 3. The third-order valence-corrected chi connectivity index (χ3v) is 6.07. The van der Waals surface area contributed by atoms with Gasteiger partial charge in [0.05, 0.1) is 7.11 Å². The van der Waals surface area contributed by atoms with E-state index < -0.39 is 0 Å². The first-order valence-electron chi connectivity index (χ1n) is 9.79. The maximum absolute atomic E-state index is 12.7. The van der Waals surface area contributed by atoms with E-state index in [1.54, 1.807) is 14.2 Å². The molecule has 140 valence electrons. The van der Waals surface area contributed by atoms with Crippen molar-refractivity contribution < 1.29 is 14.3 Å². The molecule has 0 bridgehead atoms. The molecule has 0 N–H and O–H groups in total. The smallest absolute Gasteiger partial charge is 0.159 e. The number of carbonyl (C=O) groups excluding carboxylic acids is 1. The summed E-state index contributed by atoms with van der Waals surface area (Å²) >= 11 is 0. The van der Waals surface area contributed by atoms with E-state index in [4.69, 9.17) is 4.74 Å². The molecule has 3 nitrogen and oxygen atoms in total. The summed E-state index contributed by atoms with van der Waals surface area (Å²) in [6.07, 6.45) is 16.6. The lowest BCUT2D eigenvalue weighted by molar-refractivity contribution is -0.123. The number of carbonyl (C=O) groups is 1. The zero-order valence-corrected chi connectivity index (χ0v) is 16.3. The molecular weight excluding hydrogens is 312 g/mol. The molecule has 3 heteroatoms. The zero-order valence-electron chi connectivity index (χ0n) is 16.3. The SMILES string of the molecule is CCCC12CCCCC1CC(=O)C1=CC(OC)=CC=CC12.CCOC. The lowest BCUT2D eigenvalue weighted by Crippen LogP contribution is -2.46. The fraction of sp³-hybridized carbons (Fsp3) is 0.682. The molecule has 25 heavy (non-hydrogen) atoms. The molecule has 0 saturated heterocycles. The van der Waals surface area contributed by atoms with Crippen molar-refractivity contribution in [2.75, 3.05) is 20.8 Å². The van der Waals surface area contributed by atoms with Gasteiger partial charge in [-0.15, -0.1) is 0 Å². The molecule has 3 aliphatic rings. The Hall–Kier alpha value is -1.35. The van der Waals surface area contributed by atoms with Crippen LogP contribution in [-0.2, 0) is 14.3 Å². The molecule has 0 amide bonds. The van der Waals surface area contributed by atoms with Crippen LogP contribution in [0.2, 0.25) is 0 Å². The Morgan fingerprint density at radius 1 is 1.24 bits per heavy atom. The van der Waals surface area contributed by atoms with Crippen molar-refractivity contribution in [2.45, 2.75) is 58.8 Å². The van der Waals surface area contributed by atoms with Crippen molar-refractivity contribution in [1.82, 2.24) is 0 Å². The average Bonchev–Trinajstić information content (AvgIpc) is 2.86. The first kappa shape index (κ1) is 20.0. The highest BCUT2D eigenvalue weighted by Crippen LogP contribution is 2.57. The van der Waals surface area contributed by atoms with Gasteiger partial charge in [0.1, 0.15) is 5.76 Å². The molecule has 0 aliphatic heterocycles. The van der Waals surface area contributed by atoms with E-state index in [1.807, 2.05) is 19.1 Å². The topological polar surface area (TPSA) is 35.5 Å². The van der Waals surface area contributed by atoms with Crippen molar-refractivity contribution in [3.05, 3.63) is 35.6 Å². The fourth-order valence-corrected chi connectivity index (χ4v) is 4.88. The predicted octanol–water partition coefficient (Wildman–Crippen LogP) is 5.23. The van der Waals surface area contributed by atoms with Gasteiger partial charge in [-0.25, -0.2) is 0 Å². The van der Waals surface area contributed by atoms with Crippen LogP contribution in [0.5, 0.6) is 0 Å². The van der Waals surface area contributed by atoms with E-state index in [0.717, 1.165) is 24.4 Å². The second-order valence-electron chi connectivity index (χ2n) is 7.37. The predicted molar refractivity (Wildman–Crippen MR) is 102 cm³/mol. The van der Waals surface area contributed by atoms with Gasteiger partial charge in [0, 0.05) is 31.6 Å². The third kappa shape index (κ3) is 4.25. The van der Waals surface area contributed by atoms with E-state index in [-0.39, 0.29) is 5.92 Å². The summed E-state index contributed by atoms with van der Waals surface area (Å²) in [6, 6.07) is 0.